The van der Waals surface area contributed by atoms with E-state index in [4.69, 9.17) is 10.5 Å². The van der Waals surface area contributed by atoms with E-state index >= 15 is 0 Å². The predicted molar refractivity (Wildman–Crippen MR) is 72.8 cm³/mol. The molecule has 0 aliphatic carbocycles. The van der Waals surface area contributed by atoms with Crippen LogP contribution in [-0.4, -0.2) is 36.3 Å². The zero-order valence-corrected chi connectivity index (χ0v) is 10.7. The van der Waals surface area contributed by atoms with E-state index < -0.39 is 0 Å². The molecule has 0 radical (unpaired) electrons. The highest BCUT2D eigenvalue weighted by Crippen LogP contribution is 2.23. The number of ether oxygens (including phenoxy) is 1. The van der Waals surface area contributed by atoms with E-state index in [2.05, 4.69) is 20.9 Å². The number of rotatable bonds is 2. The van der Waals surface area contributed by atoms with Crippen molar-refractivity contribution < 1.29 is 4.74 Å². The molecule has 0 unspecified atom stereocenters. The molecule has 0 bridgehead atoms. The van der Waals surface area contributed by atoms with E-state index in [9.17, 15) is 0 Å². The molecule has 3 heterocycles. The van der Waals surface area contributed by atoms with Gasteiger partial charge in [-0.05, 0) is 12.1 Å². The Labute approximate surface area is 109 Å². The molecule has 1 saturated heterocycles. The van der Waals surface area contributed by atoms with Crippen molar-refractivity contribution in [2.75, 3.05) is 36.9 Å². The summed E-state index contributed by atoms with van der Waals surface area (Å²) in [5.74, 6) is 0. The number of anilines is 2. The largest absolute Gasteiger partial charge is 0.378 e. The topological polar surface area (TPSA) is 64.3 Å². The second-order valence-corrected chi connectivity index (χ2v) is 4.96. The molecule has 1 aliphatic heterocycles. The Kier molecular flexibility index (Phi) is 3.12. The van der Waals surface area contributed by atoms with Crippen LogP contribution in [0.15, 0.2) is 23.7 Å². The third kappa shape index (κ3) is 2.30. The van der Waals surface area contributed by atoms with Gasteiger partial charge in [0.2, 0.25) is 0 Å². The summed E-state index contributed by atoms with van der Waals surface area (Å²) in [7, 11) is 0. The van der Waals surface area contributed by atoms with Crippen molar-refractivity contribution in [3.05, 3.63) is 23.7 Å². The van der Waals surface area contributed by atoms with Gasteiger partial charge in [0, 0.05) is 18.5 Å². The van der Waals surface area contributed by atoms with E-state index in [1.165, 1.54) is 11.3 Å². The molecule has 5 nitrogen and oxygen atoms in total. The monoisotopic (exact) mass is 262 g/mol. The first-order chi connectivity index (χ1) is 8.83. The molecule has 1 fully saturated rings. The molecule has 0 saturated carbocycles. The number of nitrogens with zero attached hydrogens (tertiary/aromatic N) is 3. The molecule has 0 atom stereocenters. The first-order valence-electron chi connectivity index (χ1n) is 5.83. The zero-order chi connectivity index (χ0) is 12.4. The van der Waals surface area contributed by atoms with Crippen molar-refractivity contribution in [2.45, 2.75) is 0 Å². The molecular weight excluding hydrogens is 248 g/mol. The summed E-state index contributed by atoms with van der Waals surface area (Å²) >= 11 is 1.43. The van der Waals surface area contributed by atoms with Gasteiger partial charge in [0.15, 0.2) is 5.13 Å². The van der Waals surface area contributed by atoms with Crippen LogP contribution >= 0.6 is 11.3 Å². The van der Waals surface area contributed by atoms with Gasteiger partial charge in [0.1, 0.15) is 5.69 Å². The van der Waals surface area contributed by atoms with E-state index in [0.717, 1.165) is 43.4 Å². The molecule has 0 spiro atoms. The summed E-state index contributed by atoms with van der Waals surface area (Å²) in [5.41, 5.74) is 8.45. The molecular formula is C12H14N4OS. The Morgan fingerprint density at radius 1 is 1.22 bits per heavy atom. The minimum atomic E-state index is 0.573. The van der Waals surface area contributed by atoms with E-state index in [1.54, 1.807) is 0 Å². The molecule has 6 heteroatoms. The molecule has 1 aliphatic rings. The Bertz CT molecular complexity index is 519. The highest BCUT2D eigenvalue weighted by Gasteiger charge is 2.12. The standard InChI is InChI=1S/C12H14N4OS/c13-12-15-11(8-18-12)10-2-1-9(7-14-10)16-3-5-17-6-4-16/h1-2,7-8H,3-6H2,(H2,13,15). The van der Waals surface area contributed by atoms with Crippen LogP contribution in [0.4, 0.5) is 10.8 Å². The first kappa shape index (κ1) is 11.4. The summed E-state index contributed by atoms with van der Waals surface area (Å²) in [6, 6.07) is 4.06. The SMILES string of the molecule is Nc1nc(-c2ccc(N3CCOCC3)cn2)cs1. The predicted octanol–water partition coefficient (Wildman–Crippen LogP) is 1.62. The fourth-order valence-electron chi connectivity index (χ4n) is 1.95. The number of nitrogen functional groups attached to an aromatic ring is 1. The Morgan fingerprint density at radius 3 is 2.67 bits per heavy atom. The van der Waals surface area contributed by atoms with Gasteiger partial charge < -0.3 is 15.4 Å². The number of aromatic nitrogens is 2. The summed E-state index contributed by atoms with van der Waals surface area (Å²) in [6.45, 7) is 3.41. The lowest BCUT2D eigenvalue weighted by atomic mass is 10.2. The van der Waals surface area contributed by atoms with Gasteiger partial charge in [0.05, 0.1) is 30.8 Å². The number of morpholine rings is 1. The van der Waals surface area contributed by atoms with Crippen LogP contribution in [0.1, 0.15) is 0 Å². The Hall–Kier alpha value is -1.66. The van der Waals surface area contributed by atoms with Crippen LogP contribution < -0.4 is 10.6 Å². The van der Waals surface area contributed by atoms with Gasteiger partial charge in [-0.1, -0.05) is 0 Å². The molecule has 2 N–H and O–H groups in total. The second kappa shape index (κ2) is 4.91. The fraction of sp³-hybridized carbons (Fsp3) is 0.333. The molecule has 18 heavy (non-hydrogen) atoms. The van der Waals surface area contributed by atoms with Gasteiger partial charge in [0.25, 0.3) is 0 Å². The summed E-state index contributed by atoms with van der Waals surface area (Å²) in [4.78, 5) is 10.9. The molecule has 0 amide bonds. The first-order valence-corrected chi connectivity index (χ1v) is 6.71. The minimum Gasteiger partial charge on any atom is -0.378 e. The highest BCUT2D eigenvalue weighted by molar-refractivity contribution is 7.13. The Morgan fingerprint density at radius 2 is 2.06 bits per heavy atom. The third-order valence-corrected chi connectivity index (χ3v) is 3.58. The van der Waals surface area contributed by atoms with Crippen molar-refractivity contribution in [3.8, 4) is 11.4 Å². The number of nitrogens with two attached hydrogens (primary N) is 1. The average molecular weight is 262 g/mol. The lowest BCUT2D eigenvalue weighted by molar-refractivity contribution is 0.122. The van der Waals surface area contributed by atoms with Crippen molar-refractivity contribution in [1.29, 1.82) is 0 Å². The van der Waals surface area contributed by atoms with E-state index in [0.29, 0.717) is 5.13 Å². The van der Waals surface area contributed by atoms with Gasteiger partial charge in [-0.15, -0.1) is 11.3 Å². The zero-order valence-electron chi connectivity index (χ0n) is 9.87. The minimum absolute atomic E-state index is 0.573. The molecule has 0 aromatic carbocycles. The fourth-order valence-corrected chi connectivity index (χ4v) is 2.51. The normalized spacial score (nSPS) is 15.9. The molecule has 94 valence electrons. The van der Waals surface area contributed by atoms with Gasteiger partial charge >= 0.3 is 0 Å². The van der Waals surface area contributed by atoms with Crippen LogP contribution in [0.3, 0.4) is 0 Å². The van der Waals surface area contributed by atoms with Crippen LogP contribution in [0.2, 0.25) is 0 Å². The van der Waals surface area contributed by atoms with Gasteiger partial charge in [-0.2, -0.15) is 0 Å². The van der Waals surface area contributed by atoms with Crippen LogP contribution in [0.5, 0.6) is 0 Å². The summed E-state index contributed by atoms with van der Waals surface area (Å²) in [6.07, 6.45) is 1.89. The maximum Gasteiger partial charge on any atom is 0.180 e. The van der Waals surface area contributed by atoms with E-state index in [-0.39, 0.29) is 0 Å². The van der Waals surface area contributed by atoms with Crippen molar-refractivity contribution in [1.82, 2.24) is 9.97 Å². The van der Waals surface area contributed by atoms with Gasteiger partial charge in [-0.3, -0.25) is 4.98 Å². The lowest BCUT2D eigenvalue weighted by Gasteiger charge is -2.28. The number of hydrogen-bond donors (Lipinski definition) is 1. The third-order valence-electron chi connectivity index (χ3n) is 2.91. The molecule has 3 rings (SSSR count). The maximum atomic E-state index is 5.62. The Balaban J connectivity index is 1.80. The molecule has 2 aromatic rings. The smallest absolute Gasteiger partial charge is 0.180 e. The quantitative estimate of drug-likeness (QED) is 0.891. The highest BCUT2D eigenvalue weighted by atomic mass is 32.1. The summed E-state index contributed by atoms with van der Waals surface area (Å²) < 4.78 is 5.33. The van der Waals surface area contributed by atoms with Crippen LogP contribution in [-0.2, 0) is 4.74 Å². The number of thiazole rings is 1. The maximum absolute atomic E-state index is 5.62. The average Bonchev–Trinajstić information content (AvgIpc) is 2.87. The van der Waals surface area contributed by atoms with Crippen molar-refractivity contribution in [3.63, 3.8) is 0 Å². The number of pyridine rings is 1. The van der Waals surface area contributed by atoms with Gasteiger partial charge in [-0.25, -0.2) is 4.98 Å². The van der Waals surface area contributed by atoms with Crippen LogP contribution in [0.25, 0.3) is 11.4 Å². The number of hydrogen-bond acceptors (Lipinski definition) is 6. The van der Waals surface area contributed by atoms with Crippen LogP contribution in [0, 0.1) is 0 Å². The second-order valence-electron chi connectivity index (χ2n) is 4.07. The van der Waals surface area contributed by atoms with E-state index in [1.807, 2.05) is 17.6 Å². The lowest BCUT2D eigenvalue weighted by Crippen LogP contribution is -2.36. The summed E-state index contributed by atoms with van der Waals surface area (Å²) in [5, 5.41) is 2.50. The van der Waals surface area contributed by atoms with Crippen molar-refractivity contribution >= 4 is 22.2 Å². The van der Waals surface area contributed by atoms with Crippen molar-refractivity contribution in [2.24, 2.45) is 0 Å². The molecule has 2 aromatic heterocycles.